The summed E-state index contributed by atoms with van der Waals surface area (Å²) in [7, 11) is 3.95. The summed E-state index contributed by atoms with van der Waals surface area (Å²) >= 11 is 6.98. The number of halogens is 1. The van der Waals surface area contributed by atoms with Crippen LogP contribution < -0.4 is 21.3 Å². The summed E-state index contributed by atoms with van der Waals surface area (Å²) in [6.45, 7) is 5.06. The van der Waals surface area contributed by atoms with E-state index in [0.29, 0.717) is 34.6 Å². The van der Waals surface area contributed by atoms with Gasteiger partial charge in [-0.25, -0.2) is 14.8 Å². The van der Waals surface area contributed by atoms with Crippen molar-refractivity contribution in [3.63, 3.8) is 0 Å². The first-order valence-corrected chi connectivity index (χ1v) is 16.8. The molecule has 2 aliphatic rings. The Morgan fingerprint density at radius 1 is 1.10 bits per heavy atom. The van der Waals surface area contributed by atoms with Gasteiger partial charge in [-0.2, -0.15) is 0 Å². The number of nitrogens with zero attached hydrogens (tertiary/aromatic N) is 5. The van der Waals surface area contributed by atoms with Crippen LogP contribution >= 0.6 is 11.6 Å². The third-order valence-electron chi connectivity index (χ3n) is 9.43. The van der Waals surface area contributed by atoms with Gasteiger partial charge in [0.1, 0.15) is 17.2 Å². The van der Waals surface area contributed by atoms with Crippen molar-refractivity contribution in [2.45, 2.75) is 45.3 Å². The van der Waals surface area contributed by atoms with Crippen LogP contribution in [0, 0.1) is 6.92 Å². The van der Waals surface area contributed by atoms with Crippen LogP contribution in [-0.2, 0) is 31.4 Å². The lowest BCUT2D eigenvalue weighted by molar-refractivity contribution is 0.101. The Labute approximate surface area is 289 Å². The van der Waals surface area contributed by atoms with Crippen molar-refractivity contribution >= 4 is 51.5 Å². The zero-order valence-corrected chi connectivity index (χ0v) is 28.5. The fourth-order valence-corrected chi connectivity index (χ4v) is 6.98. The molecule has 0 spiro atoms. The highest BCUT2D eigenvalue weighted by atomic mass is 35.5. The van der Waals surface area contributed by atoms with E-state index in [1.165, 1.54) is 0 Å². The Morgan fingerprint density at radius 3 is 2.76 bits per heavy atom. The van der Waals surface area contributed by atoms with Gasteiger partial charge >= 0.3 is 0 Å². The maximum Gasteiger partial charge on any atom is 0.291 e. The zero-order chi connectivity index (χ0) is 34.1. The highest BCUT2D eigenvalue weighted by molar-refractivity contribution is 6.36. The van der Waals surface area contributed by atoms with Gasteiger partial charge in [0.2, 0.25) is 0 Å². The van der Waals surface area contributed by atoms with E-state index >= 15 is 0 Å². The molecular weight excluding hydrogens is 638 g/mol. The molecule has 0 bridgehead atoms. The number of imidazole rings is 1. The van der Waals surface area contributed by atoms with Crippen LogP contribution in [0.3, 0.4) is 0 Å². The number of carbonyl (C=O) groups is 1. The van der Waals surface area contributed by atoms with Gasteiger partial charge in [-0.15, -0.1) is 0 Å². The van der Waals surface area contributed by atoms with Crippen molar-refractivity contribution in [3.8, 4) is 11.1 Å². The fraction of sp³-hybridized carbons (Fsp3) is 0.297. The predicted molar refractivity (Wildman–Crippen MR) is 193 cm³/mol. The van der Waals surface area contributed by atoms with E-state index in [1.54, 1.807) is 12.3 Å². The summed E-state index contributed by atoms with van der Waals surface area (Å²) in [5.41, 5.74) is 8.43. The van der Waals surface area contributed by atoms with E-state index in [4.69, 9.17) is 16.6 Å². The van der Waals surface area contributed by atoms with Crippen LogP contribution in [0.4, 0.5) is 17.2 Å². The van der Waals surface area contributed by atoms with E-state index in [0.717, 1.165) is 89.1 Å². The Kier molecular flexibility index (Phi) is 9.16. The second-order valence-electron chi connectivity index (χ2n) is 12.7. The maximum atomic E-state index is 13.4. The monoisotopic (exact) mass is 675 g/mol. The number of piperidine rings is 1. The summed E-state index contributed by atoms with van der Waals surface area (Å²) in [5.74, 6) is 2.74. The highest BCUT2D eigenvalue weighted by Gasteiger charge is 2.25. The second kappa shape index (κ2) is 13.8. The molecule has 1 fully saturated rings. The fourth-order valence-electron chi connectivity index (χ4n) is 6.71. The third kappa shape index (κ3) is 6.54. The van der Waals surface area contributed by atoms with Gasteiger partial charge in [-0.1, -0.05) is 35.9 Å². The first-order chi connectivity index (χ1) is 23.8. The molecule has 0 radical (unpaired) electrons. The van der Waals surface area contributed by atoms with E-state index in [9.17, 15) is 9.59 Å². The molecule has 11 nitrogen and oxygen atoms in total. The molecule has 0 saturated carbocycles. The molecule has 2 aromatic carbocycles. The number of rotatable bonds is 8. The number of benzene rings is 2. The molecule has 1 atom stereocenters. The first kappa shape index (κ1) is 32.5. The number of amides is 1. The van der Waals surface area contributed by atoms with Crippen molar-refractivity contribution in [2.24, 2.45) is 7.05 Å². The van der Waals surface area contributed by atoms with Gasteiger partial charge in [0, 0.05) is 74.4 Å². The Bertz CT molecular complexity index is 2120. The third-order valence-corrected chi connectivity index (χ3v) is 9.83. The molecule has 5 heterocycles. The van der Waals surface area contributed by atoms with Gasteiger partial charge in [0.25, 0.3) is 5.91 Å². The van der Waals surface area contributed by atoms with Crippen molar-refractivity contribution in [3.05, 3.63) is 100.0 Å². The lowest BCUT2D eigenvalue weighted by Gasteiger charge is -2.25. The average Bonchev–Trinajstić information content (AvgIpc) is 3.44. The van der Waals surface area contributed by atoms with Gasteiger partial charge < -0.3 is 30.7 Å². The largest absolute Gasteiger partial charge is 0.378 e. The molecule has 1 amide bonds. The topological polar surface area (TPSA) is 129 Å². The minimum absolute atomic E-state index is 0.0363. The lowest BCUT2D eigenvalue weighted by atomic mass is 9.98. The number of likely N-dealkylation sites (N-methyl/N-ethyl adjacent to an activating group) is 1. The van der Waals surface area contributed by atoms with Crippen LogP contribution in [0.25, 0.3) is 22.0 Å². The maximum absolute atomic E-state index is 13.4. The van der Waals surface area contributed by atoms with E-state index < -0.39 is 0 Å². The number of fused-ring (bicyclic) bond motifs is 2. The quantitative estimate of drug-likeness (QED) is 0.157. The standard InChI is InChI=1S/C37H38ClN9O2/c1-22-25(26-8-5-10-29(33(26)38)45-37(49)36-44-30-20-46(2)16-13-32(30)47(36)3)7-4-9-27(22)43-35-34-24(12-15-40-35)17-23(19-42-34)18-41-28-11-6-14-39-31(28)21-48/h4-5,7-10,12,15,17,19,28,39,41H,6,11,13-14,16,18,20H2,1-3H3,(H,40,43)(H,45,49)/t28-/m0/s1. The van der Waals surface area contributed by atoms with Gasteiger partial charge in [0.05, 0.1) is 22.4 Å². The van der Waals surface area contributed by atoms with Gasteiger partial charge in [0.15, 0.2) is 11.6 Å². The molecule has 2 aliphatic heterocycles. The molecule has 3 aromatic heterocycles. The van der Waals surface area contributed by atoms with Crippen LogP contribution in [-0.4, -0.2) is 62.4 Å². The van der Waals surface area contributed by atoms with E-state index in [1.807, 2.05) is 67.1 Å². The molecule has 1 saturated heterocycles. The SMILES string of the molecule is Cc1c(Nc2nccc3cc(CN[C@H]4CCCNC4=C=O)cnc23)cccc1-c1cccc(NC(=O)c2nc3c(n2C)CCN(C)C3)c1Cl. The molecule has 0 unspecified atom stereocenters. The molecule has 12 heteroatoms. The van der Waals surface area contributed by atoms with Crippen molar-refractivity contribution < 1.29 is 9.59 Å². The molecule has 5 aromatic rings. The number of hydrogen-bond donors (Lipinski definition) is 4. The lowest BCUT2D eigenvalue weighted by Crippen LogP contribution is -2.41. The van der Waals surface area contributed by atoms with Crippen LogP contribution in [0.1, 0.15) is 46.0 Å². The van der Waals surface area contributed by atoms with Crippen molar-refractivity contribution in [2.75, 3.05) is 30.8 Å². The predicted octanol–water partition coefficient (Wildman–Crippen LogP) is 5.53. The average molecular weight is 676 g/mol. The summed E-state index contributed by atoms with van der Waals surface area (Å²) in [6, 6.07) is 15.6. The molecule has 250 valence electrons. The zero-order valence-electron chi connectivity index (χ0n) is 27.7. The smallest absolute Gasteiger partial charge is 0.291 e. The Balaban J connectivity index is 1.10. The van der Waals surface area contributed by atoms with Crippen molar-refractivity contribution in [1.29, 1.82) is 0 Å². The molecule has 0 aliphatic carbocycles. The number of hydrogen-bond acceptors (Lipinski definition) is 9. The minimum atomic E-state index is -0.298. The number of anilines is 3. The summed E-state index contributed by atoms with van der Waals surface area (Å²) < 4.78 is 1.89. The summed E-state index contributed by atoms with van der Waals surface area (Å²) in [6.07, 6.45) is 6.35. The molecular formula is C37H38ClN9O2. The number of nitrogens with one attached hydrogen (secondary N) is 4. The second-order valence-corrected chi connectivity index (χ2v) is 13.1. The van der Waals surface area contributed by atoms with E-state index in [2.05, 4.69) is 49.2 Å². The van der Waals surface area contributed by atoms with Gasteiger partial charge in [-0.3, -0.25) is 9.78 Å². The minimum Gasteiger partial charge on any atom is -0.378 e. The molecule has 7 rings (SSSR count). The number of carbonyl (C=O) groups excluding carboxylic acids is 2. The van der Waals surface area contributed by atoms with Crippen molar-refractivity contribution in [1.82, 2.24) is 35.1 Å². The Hall–Kier alpha value is -5.06. The van der Waals surface area contributed by atoms with E-state index in [-0.39, 0.29) is 11.9 Å². The van der Waals surface area contributed by atoms with Crippen LogP contribution in [0.5, 0.6) is 0 Å². The Morgan fingerprint density at radius 2 is 1.92 bits per heavy atom. The highest BCUT2D eigenvalue weighted by Crippen LogP contribution is 2.38. The molecule has 4 N–H and O–H groups in total. The number of aromatic nitrogens is 4. The first-order valence-electron chi connectivity index (χ1n) is 16.5. The summed E-state index contributed by atoms with van der Waals surface area (Å²) in [4.78, 5) is 41.0. The summed E-state index contributed by atoms with van der Waals surface area (Å²) in [5, 5.41) is 14.5. The molecule has 49 heavy (non-hydrogen) atoms. The normalized spacial score (nSPS) is 16.2. The van der Waals surface area contributed by atoms with Crippen LogP contribution in [0.2, 0.25) is 5.02 Å². The van der Waals surface area contributed by atoms with Crippen LogP contribution in [0.15, 0.2) is 66.6 Å². The number of pyridine rings is 2. The van der Waals surface area contributed by atoms with Gasteiger partial charge in [-0.05, 0) is 67.8 Å².